The zero-order valence-electron chi connectivity index (χ0n) is 23.1. The predicted molar refractivity (Wildman–Crippen MR) is 191 cm³/mol. The quantitative estimate of drug-likeness (QED) is 0.0927. The molecule has 0 saturated heterocycles. The van der Waals surface area contributed by atoms with E-state index in [1.54, 1.807) is 0 Å². The second kappa shape index (κ2) is 16.7. The molecule has 0 amide bonds. The number of unbranched alkanes of at least 4 members (excludes halogenated alkanes) is 4. The molecule has 1 aliphatic rings. The Morgan fingerprint density at radius 1 is 0.579 bits per heavy atom. The molecular formula is C34H48I2NP. The Morgan fingerprint density at radius 2 is 1.03 bits per heavy atom. The van der Waals surface area contributed by atoms with E-state index in [0.29, 0.717) is 0 Å². The fourth-order valence-corrected chi connectivity index (χ4v) is 15.1. The molecule has 1 N–H and O–H groups in total. The first-order chi connectivity index (χ1) is 18.2. The molecule has 1 saturated carbocycles. The molecule has 0 aromatic heterocycles. The fraction of sp³-hybridized carbons (Fsp3) is 0.471. The van der Waals surface area contributed by atoms with E-state index < -0.39 is 4.25 Å². The summed E-state index contributed by atoms with van der Waals surface area (Å²) in [5, 5.41) is 8.23. The molecule has 0 bridgehead atoms. The third-order valence-electron chi connectivity index (χ3n) is 8.51. The zero-order valence-corrected chi connectivity index (χ0v) is 28.5. The van der Waals surface area contributed by atoms with Gasteiger partial charge < -0.3 is 0 Å². The number of hydrogen-bond acceptors (Lipinski definition) is 1. The monoisotopic (exact) mass is 755 g/mol. The van der Waals surface area contributed by atoms with Crippen LogP contribution in [0.5, 0.6) is 0 Å². The van der Waals surface area contributed by atoms with Gasteiger partial charge in [-0.3, -0.25) is 0 Å². The Labute approximate surface area is 262 Å². The number of rotatable bonds is 15. The van der Waals surface area contributed by atoms with E-state index in [1.807, 2.05) is 0 Å². The summed E-state index contributed by atoms with van der Waals surface area (Å²) in [5.74, 6) is 1.02. The van der Waals surface area contributed by atoms with Crippen molar-refractivity contribution in [2.75, 3.05) is 19.3 Å². The Kier molecular flexibility index (Phi) is 14.1. The summed E-state index contributed by atoms with van der Waals surface area (Å²) in [7, 11) is 0. The summed E-state index contributed by atoms with van der Waals surface area (Å²) < 4.78 is -2.59. The van der Waals surface area contributed by atoms with Gasteiger partial charge in [0, 0.05) is 0 Å². The van der Waals surface area contributed by atoms with Crippen LogP contribution in [0.2, 0.25) is 0 Å². The van der Waals surface area contributed by atoms with E-state index in [-0.39, 0.29) is 24.0 Å². The van der Waals surface area contributed by atoms with E-state index in [2.05, 4.69) is 118 Å². The third kappa shape index (κ3) is 8.27. The minimum atomic E-state index is -2.59. The van der Waals surface area contributed by atoms with Crippen molar-refractivity contribution < 1.29 is 0 Å². The van der Waals surface area contributed by atoms with Gasteiger partial charge in [0.2, 0.25) is 0 Å². The molecule has 0 atom stereocenters. The van der Waals surface area contributed by atoms with Crippen LogP contribution in [0.25, 0.3) is 0 Å². The third-order valence-corrected chi connectivity index (χ3v) is 20.2. The summed E-state index contributed by atoms with van der Waals surface area (Å²) in [6.07, 6.45) is 18.0. The summed E-state index contributed by atoms with van der Waals surface area (Å²) in [6, 6.07) is 34.1. The SMILES string of the molecule is I.IP(CCCCCCCNCCCC1CCCCC1)(c1ccccc1)(c1ccccc1)c1ccccc1. The summed E-state index contributed by atoms with van der Waals surface area (Å²) >= 11 is 2.93. The van der Waals surface area contributed by atoms with Gasteiger partial charge in [-0.25, -0.2) is 0 Å². The Hall–Kier alpha value is -0.490. The minimum absolute atomic E-state index is 0. The zero-order chi connectivity index (χ0) is 25.7. The first-order valence-corrected chi connectivity index (χ1v) is 20.0. The van der Waals surface area contributed by atoms with Crippen molar-refractivity contribution >= 4 is 66.2 Å². The van der Waals surface area contributed by atoms with Crippen molar-refractivity contribution in [2.24, 2.45) is 5.92 Å². The van der Waals surface area contributed by atoms with Gasteiger partial charge >= 0.3 is 209 Å². The average molecular weight is 756 g/mol. The van der Waals surface area contributed by atoms with Crippen LogP contribution in [0.1, 0.15) is 77.0 Å². The molecule has 3 aromatic rings. The molecule has 1 nitrogen and oxygen atoms in total. The van der Waals surface area contributed by atoms with Crippen LogP contribution in [-0.4, -0.2) is 19.3 Å². The molecule has 0 heterocycles. The van der Waals surface area contributed by atoms with Gasteiger partial charge in [0.15, 0.2) is 0 Å². The van der Waals surface area contributed by atoms with Crippen molar-refractivity contribution in [3.63, 3.8) is 0 Å². The van der Waals surface area contributed by atoms with Crippen molar-refractivity contribution in [3.05, 3.63) is 91.0 Å². The molecule has 0 aliphatic heterocycles. The number of nitrogens with one attached hydrogen (secondary N) is 1. The number of hydrogen-bond donors (Lipinski definition) is 1. The first-order valence-electron chi connectivity index (χ1n) is 14.8. The van der Waals surface area contributed by atoms with E-state index in [9.17, 15) is 0 Å². The fourth-order valence-electron chi connectivity index (χ4n) is 6.36. The molecule has 1 fully saturated rings. The van der Waals surface area contributed by atoms with Gasteiger partial charge in [-0.05, 0) is 0 Å². The topological polar surface area (TPSA) is 12.0 Å². The van der Waals surface area contributed by atoms with Crippen LogP contribution in [0.3, 0.4) is 0 Å². The molecule has 0 spiro atoms. The summed E-state index contributed by atoms with van der Waals surface area (Å²) in [4.78, 5) is 0. The van der Waals surface area contributed by atoms with Crippen LogP contribution < -0.4 is 21.2 Å². The molecule has 3 aromatic carbocycles. The van der Waals surface area contributed by atoms with Crippen molar-refractivity contribution in [1.29, 1.82) is 0 Å². The van der Waals surface area contributed by atoms with E-state index in [4.69, 9.17) is 0 Å². The van der Waals surface area contributed by atoms with E-state index in [1.165, 1.54) is 112 Å². The molecule has 4 heteroatoms. The summed E-state index contributed by atoms with van der Waals surface area (Å²) in [6.45, 7) is 2.40. The standard InChI is InChI=1S/C34H47INP.HI/c35-37(32-22-10-5-11-23-32,33-24-12-6-13-25-33,34-26-14-7-15-27-34)30-17-3-1-2-16-28-36-29-18-21-31-19-8-4-9-20-31;/h5-7,10-15,22-27,31,36H,1-4,8-9,16-21,28-30H2;1H. The predicted octanol–water partition coefficient (Wildman–Crippen LogP) is 9.38. The van der Waals surface area contributed by atoms with Crippen molar-refractivity contribution in [1.82, 2.24) is 5.32 Å². The van der Waals surface area contributed by atoms with Gasteiger partial charge in [-0.1, -0.05) is 32.1 Å². The van der Waals surface area contributed by atoms with Crippen LogP contribution in [0, 0.1) is 5.92 Å². The van der Waals surface area contributed by atoms with Gasteiger partial charge in [-0.2, -0.15) is 0 Å². The van der Waals surface area contributed by atoms with Crippen molar-refractivity contribution in [2.45, 2.75) is 77.0 Å². The average Bonchev–Trinajstić information content (AvgIpc) is 2.98. The van der Waals surface area contributed by atoms with E-state index >= 15 is 0 Å². The van der Waals surface area contributed by atoms with E-state index in [0.717, 1.165) is 5.92 Å². The van der Waals surface area contributed by atoms with Gasteiger partial charge in [0.1, 0.15) is 0 Å². The maximum atomic E-state index is 3.72. The Balaban J connectivity index is 0.00000400. The van der Waals surface area contributed by atoms with Crippen LogP contribution in [0.4, 0.5) is 0 Å². The molecule has 0 unspecified atom stereocenters. The maximum absolute atomic E-state index is 3.72. The molecule has 4 rings (SSSR count). The van der Waals surface area contributed by atoms with Crippen LogP contribution >= 0.6 is 50.3 Å². The van der Waals surface area contributed by atoms with Gasteiger partial charge in [0.25, 0.3) is 0 Å². The second-order valence-electron chi connectivity index (χ2n) is 11.1. The molecular weight excluding hydrogens is 707 g/mol. The number of halogens is 2. The van der Waals surface area contributed by atoms with Crippen LogP contribution in [0.15, 0.2) is 91.0 Å². The van der Waals surface area contributed by atoms with Crippen molar-refractivity contribution in [3.8, 4) is 0 Å². The second-order valence-corrected chi connectivity index (χ2v) is 21.8. The summed E-state index contributed by atoms with van der Waals surface area (Å²) in [5.41, 5.74) is 0. The molecule has 1 aliphatic carbocycles. The number of benzene rings is 3. The first kappa shape index (κ1) is 32.0. The van der Waals surface area contributed by atoms with Gasteiger partial charge in [-0.15, -0.1) is 24.0 Å². The Bertz CT molecular complexity index is 923. The molecule has 0 radical (unpaired) electrons. The Morgan fingerprint density at radius 3 is 1.55 bits per heavy atom. The molecule has 38 heavy (non-hydrogen) atoms. The van der Waals surface area contributed by atoms with Gasteiger partial charge in [0.05, 0.1) is 0 Å². The normalized spacial score (nSPS) is 15.3. The van der Waals surface area contributed by atoms with Crippen LogP contribution in [-0.2, 0) is 0 Å². The molecule has 208 valence electrons.